The largest absolute Gasteiger partial charge is 0.380 e. The van der Waals surface area contributed by atoms with Crippen LogP contribution in [0.4, 0.5) is 5.69 Å². The van der Waals surface area contributed by atoms with Gasteiger partial charge in [0.05, 0.1) is 5.92 Å². The third-order valence-corrected chi connectivity index (χ3v) is 5.89. The molecule has 1 aliphatic heterocycles. The monoisotopic (exact) mass is 371 g/mol. The Morgan fingerprint density at radius 1 is 0.857 bits per heavy atom. The standard InChI is InChI=1S/C25H25NO2/c1-17-8-12-20(13-9-17)25(28,21-14-10-18(2)11-15-21)22-16-19-6-4-5-7-23(19)26(3)24(22)27/h4-15,22,28H,16H2,1-3H3. The zero-order valence-corrected chi connectivity index (χ0v) is 16.5. The molecule has 0 fully saturated rings. The SMILES string of the molecule is Cc1ccc(C(O)(c2ccc(C)cc2)C2Cc3ccccc3N(C)C2=O)cc1. The number of anilines is 1. The average Bonchev–Trinajstić information content (AvgIpc) is 2.71. The summed E-state index contributed by atoms with van der Waals surface area (Å²) >= 11 is 0. The molecule has 3 aromatic carbocycles. The van der Waals surface area contributed by atoms with Gasteiger partial charge in [-0.15, -0.1) is 0 Å². The second kappa shape index (κ2) is 6.92. The molecule has 0 saturated heterocycles. The Morgan fingerprint density at radius 2 is 1.36 bits per heavy atom. The number of para-hydroxylation sites is 1. The van der Waals surface area contributed by atoms with Gasteiger partial charge in [0.15, 0.2) is 0 Å². The van der Waals surface area contributed by atoms with Crippen molar-refractivity contribution in [2.75, 3.05) is 11.9 Å². The van der Waals surface area contributed by atoms with Crippen molar-refractivity contribution in [3.63, 3.8) is 0 Å². The molecule has 4 rings (SSSR count). The Labute approximate surface area is 166 Å². The summed E-state index contributed by atoms with van der Waals surface area (Å²) in [6.07, 6.45) is 0.498. The maximum atomic E-state index is 13.4. The molecule has 1 amide bonds. The predicted molar refractivity (Wildman–Crippen MR) is 112 cm³/mol. The van der Waals surface area contributed by atoms with E-state index >= 15 is 0 Å². The first-order valence-corrected chi connectivity index (χ1v) is 9.63. The number of rotatable bonds is 3. The summed E-state index contributed by atoms with van der Waals surface area (Å²) in [5, 5.41) is 12.1. The van der Waals surface area contributed by atoms with Gasteiger partial charge in [0.1, 0.15) is 5.60 Å². The van der Waals surface area contributed by atoms with Crippen LogP contribution in [-0.4, -0.2) is 18.1 Å². The van der Waals surface area contributed by atoms with Gasteiger partial charge in [-0.1, -0.05) is 77.9 Å². The topological polar surface area (TPSA) is 40.5 Å². The van der Waals surface area contributed by atoms with Crippen molar-refractivity contribution in [1.29, 1.82) is 0 Å². The maximum Gasteiger partial charge on any atom is 0.233 e. The minimum atomic E-state index is -1.40. The van der Waals surface area contributed by atoms with E-state index in [0.29, 0.717) is 6.42 Å². The number of benzene rings is 3. The number of carbonyl (C=O) groups excluding carboxylic acids is 1. The van der Waals surface area contributed by atoms with Gasteiger partial charge in [-0.05, 0) is 43.0 Å². The van der Waals surface area contributed by atoms with Crippen molar-refractivity contribution in [1.82, 2.24) is 0 Å². The summed E-state index contributed by atoms with van der Waals surface area (Å²) in [7, 11) is 1.79. The van der Waals surface area contributed by atoms with Crippen LogP contribution in [0.2, 0.25) is 0 Å². The summed E-state index contributed by atoms with van der Waals surface area (Å²) < 4.78 is 0. The van der Waals surface area contributed by atoms with Gasteiger partial charge in [-0.3, -0.25) is 4.79 Å². The van der Waals surface area contributed by atoms with Crippen LogP contribution < -0.4 is 4.90 Å². The van der Waals surface area contributed by atoms with Crippen molar-refractivity contribution >= 4 is 11.6 Å². The van der Waals surface area contributed by atoms with E-state index < -0.39 is 11.5 Å². The number of nitrogens with zero attached hydrogens (tertiary/aromatic N) is 1. The summed E-state index contributed by atoms with van der Waals surface area (Å²) in [6.45, 7) is 4.04. The van der Waals surface area contributed by atoms with Crippen LogP contribution in [-0.2, 0) is 16.8 Å². The van der Waals surface area contributed by atoms with E-state index in [0.717, 1.165) is 33.5 Å². The maximum absolute atomic E-state index is 13.4. The van der Waals surface area contributed by atoms with Crippen LogP contribution in [0.1, 0.15) is 27.8 Å². The Morgan fingerprint density at radius 3 is 1.89 bits per heavy atom. The zero-order chi connectivity index (χ0) is 19.9. The second-order valence-electron chi connectivity index (χ2n) is 7.78. The third-order valence-electron chi connectivity index (χ3n) is 5.89. The van der Waals surface area contributed by atoms with Gasteiger partial charge in [0.25, 0.3) is 0 Å². The minimum Gasteiger partial charge on any atom is -0.380 e. The average molecular weight is 371 g/mol. The third kappa shape index (κ3) is 2.92. The van der Waals surface area contributed by atoms with Gasteiger partial charge in [-0.25, -0.2) is 0 Å². The van der Waals surface area contributed by atoms with Crippen LogP contribution in [0.5, 0.6) is 0 Å². The normalized spacial score (nSPS) is 16.8. The fourth-order valence-corrected chi connectivity index (χ4v) is 4.18. The Balaban J connectivity index is 1.90. The number of hydrogen-bond donors (Lipinski definition) is 1. The molecule has 0 aromatic heterocycles. The molecule has 3 heteroatoms. The molecule has 3 nitrogen and oxygen atoms in total. The Bertz CT molecular complexity index is 960. The molecule has 142 valence electrons. The highest BCUT2D eigenvalue weighted by Gasteiger charge is 2.47. The van der Waals surface area contributed by atoms with E-state index in [-0.39, 0.29) is 5.91 Å². The lowest BCUT2D eigenvalue weighted by molar-refractivity contribution is -0.130. The minimum absolute atomic E-state index is 0.0673. The summed E-state index contributed by atoms with van der Waals surface area (Å²) in [5.41, 5.74) is 4.31. The fourth-order valence-electron chi connectivity index (χ4n) is 4.18. The first-order valence-electron chi connectivity index (χ1n) is 9.63. The van der Waals surface area contributed by atoms with E-state index in [2.05, 4.69) is 0 Å². The number of amides is 1. The van der Waals surface area contributed by atoms with Crippen LogP contribution >= 0.6 is 0 Å². The number of hydrogen-bond acceptors (Lipinski definition) is 2. The summed E-state index contributed by atoms with van der Waals surface area (Å²) in [6, 6.07) is 23.6. The number of carbonyl (C=O) groups is 1. The number of aryl methyl sites for hydroxylation is 2. The van der Waals surface area contributed by atoms with Crippen molar-refractivity contribution in [3.8, 4) is 0 Å². The van der Waals surface area contributed by atoms with Gasteiger partial charge in [-0.2, -0.15) is 0 Å². The summed E-state index contributed by atoms with van der Waals surface area (Å²) in [4.78, 5) is 15.1. The Kier molecular flexibility index (Phi) is 4.56. The summed E-state index contributed by atoms with van der Waals surface area (Å²) in [5.74, 6) is -0.667. The highest BCUT2D eigenvalue weighted by Crippen LogP contribution is 2.43. The van der Waals surface area contributed by atoms with E-state index in [1.807, 2.05) is 86.6 Å². The van der Waals surface area contributed by atoms with Gasteiger partial charge in [0, 0.05) is 12.7 Å². The molecule has 1 atom stereocenters. The molecule has 0 aliphatic carbocycles. The quantitative estimate of drug-likeness (QED) is 0.742. The van der Waals surface area contributed by atoms with Crippen LogP contribution in [0.3, 0.4) is 0 Å². The number of fused-ring (bicyclic) bond motifs is 1. The van der Waals surface area contributed by atoms with Gasteiger partial charge < -0.3 is 10.0 Å². The lowest BCUT2D eigenvalue weighted by Gasteiger charge is -2.41. The van der Waals surface area contributed by atoms with E-state index in [1.54, 1.807) is 11.9 Å². The highest BCUT2D eigenvalue weighted by molar-refractivity contribution is 5.98. The molecule has 0 bridgehead atoms. The second-order valence-corrected chi connectivity index (χ2v) is 7.78. The molecule has 0 saturated carbocycles. The van der Waals surface area contributed by atoms with Crippen LogP contribution in [0.25, 0.3) is 0 Å². The van der Waals surface area contributed by atoms with E-state index in [1.165, 1.54) is 0 Å². The van der Waals surface area contributed by atoms with Crippen molar-refractivity contribution in [2.45, 2.75) is 25.9 Å². The molecule has 0 spiro atoms. The van der Waals surface area contributed by atoms with E-state index in [9.17, 15) is 9.90 Å². The lowest BCUT2D eigenvalue weighted by Crippen LogP contribution is -2.50. The van der Waals surface area contributed by atoms with Crippen LogP contribution in [0.15, 0.2) is 72.8 Å². The molecule has 1 aliphatic rings. The van der Waals surface area contributed by atoms with E-state index in [4.69, 9.17) is 0 Å². The highest BCUT2D eigenvalue weighted by atomic mass is 16.3. The lowest BCUT2D eigenvalue weighted by atomic mass is 9.71. The molecule has 28 heavy (non-hydrogen) atoms. The molecular weight excluding hydrogens is 346 g/mol. The van der Waals surface area contributed by atoms with Crippen molar-refractivity contribution in [2.24, 2.45) is 5.92 Å². The van der Waals surface area contributed by atoms with Gasteiger partial charge >= 0.3 is 0 Å². The molecule has 1 N–H and O–H groups in total. The molecule has 1 unspecified atom stereocenters. The number of aliphatic hydroxyl groups is 1. The molecule has 0 radical (unpaired) electrons. The Hall–Kier alpha value is -2.91. The molecule has 3 aromatic rings. The predicted octanol–water partition coefficient (Wildman–Crippen LogP) is 4.37. The molecule has 1 heterocycles. The first-order chi connectivity index (χ1) is 13.4. The smallest absolute Gasteiger partial charge is 0.233 e. The van der Waals surface area contributed by atoms with Crippen molar-refractivity contribution < 1.29 is 9.90 Å². The van der Waals surface area contributed by atoms with Crippen LogP contribution in [0, 0.1) is 19.8 Å². The molecular formula is C25H25NO2. The first kappa shape index (κ1) is 18.5. The zero-order valence-electron chi connectivity index (χ0n) is 16.5. The van der Waals surface area contributed by atoms with Gasteiger partial charge in [0.2, 0.25) is 5.91 Å². The fraction of sp³-hybridized carbons (Fsp3) is 0.240. The van der Waals surface area contributed by atoms with Crippen molar-refractivity contribution in [3.05, 3.63) is 101 Å².